The molecule has 0 heterocycles. The summed E-state index contributed by atoms with van der Waals surface area (Å²) in [4.78, 5) is 11.4. The average molecular weight is 355 g/mol. The molecule has 0 amide bonds. The monoisotopic (exact) mass is 354 g/mol. The summed E-state index contributed by atoms with van der Waals surface area (Å²) in [5, 5.41) is 0. The van der Waals surface area contributed by atoms with E-state index in [9.17, 15) is 4.79 Å². The second kappa shape index (κ2) is 6.39. The maximum Gasteiger partial charge on any atom is 0.302 e. The summed E-state index contributed by atoms with van der Waals surface area (Å²) in [6.07, 6.45) is 16.6. The van der Waals surface area contributed by atoms with Crippen LogP contribution in [-0.2, 0) is 9.53 Å². The second-order valence-electron chi connectivity index (χ2n) is 9.66. The molecule has 2 nitrogen and oxygen atoms in total. The van der Waals surface area contributed by atoms with Crippen molar-refractivity contribution in [2.75, 3.05) is 0 Å². The van der Waals surface area contributed by atoms with Gasteiger partial charge in [0.05, 0.1) is 0 Å². The highest BCUT2D eigenvalue weighted by Crippen LogP contribution is 2.66. The summed E-state index contributed by atoms with van der Waals surface area (Å²) >= 11 is 0. The molecule has 3 saturated carbocycles. The fourth-order valence-corrected chi connectivity index (χ4v) is 7.23. The predicted octanol–water partition coefficient (Wildman–Crippen LogP) is 5.99. The van der Waals surface area contributed by atoms with Crippen LogP contribution in [0.5, 0.6) is 0 Å². The van der Waals surface area contributed by atoms with Gasteiger partial charge in [-0.05, 0) is 73.5 Å². The molecule has 4 aliphatic rings. The SMILES string of the molecule is C=C/C=C1\CC[C@H]2[C@@H]3CC=C4C[C@H](OC(C)=O)CC[C@]4(C)[C@H]3CC[C@]12C. The lowest BCUT2D eigenvalue weighted by molar-refractivity contribution is -0.148. The largest absolute Gasteiger partial charge is 0.462 e. The van der Waals surface area contributed by atoms with Crippen molar-refractivity contribution in [2.45, 2.75) is 78.2 Å². The van der Waals surface area contributed by atoms with Gasteiger partial charge in [0.15, 0.2) is 0 Å². The molecule has 0 bridgehead atoms. The Hall–Kier alpha value is -1.31. The molecule has 0 aromatic heterocycles. The quantitative estimate of drug-likeness (QED) is 0.449. The zero-order valence-corrected chi connectivity index (χ0v) is 16.7. The predicted molar refractivity (Wildman–Crippen MR) is 106 cm³/mol. The molecule has 6 atom stereocenters. The molecule has 26 heavy (non-hydrogen) atoms. The van der Waals surface area contributed by atoms with Crippen LogP contribution < -0.4 is 0 Å². The molecule has 4 rings (SSSR count). The van der Waals surface area contributed by atoms with Gasteiger partial charge in [0.1, 0.15) is 6.10 Å². The van der Waals surface area contributed by atoms with Gasteiger partial charge < -0.3 is 4.74 Å². The molecular formula is C24H34O2. The lowest BCUT2D eigenvalue weighted by atomic mass is 9.48. The molecule has 0 aromatic rings. The van der Waals surface area contributed by atoms with Crippen LogP contribution in [0.4, 0.5) is 0 Å². The highest BCUT2D eigenvalue weighted by molar-refractivity contribution is 5.66. The number of carbonyl (C=O) groups excluding carboxylic acids is 1. The van der Waals surface area contributed by atoms with Crippen molar-refractivity contribution in [2.24, 2.45) is 28.6 Å². The van der Waals surface area contributed by atoms with Gasteiger partial charge in [-0.25, -0.2) is 0 Å². The standard InChI is InChI=1S/C24H34O2/c1-5-6-17-8-10-21-20-9-7-18-15-19(26-16(2)25)11-13-24(18,4)22(20)12-14-23(17,21)3/h5-7,19-22H,1,8-15H2,2-4H3/b17-6+/t19-,20+,21+,22+,23-,24+/m1/s1. The summed E-state index contributed by atoms with van der Waals surface area (Å²) in [7, 11) is 0. The molecule has 0 unspecified atom stereocenters. The summed E-state index contributed by atoms with van der Waals surface area (Å²) in [6.45, 7) is 10.5. The van der Waals surface area contributed by atoms with E-state index in [1.807, 2.05) is 6.08 Å². The van der Waals surface area contributed by atoms with Crippen LogP contribution in [0.2, 0.25) is 0 Å². The van der Waals surface area contributed by atoms with Gasteiger partial charge in [0, 0.05) is 13.3 Å². The Morgan fingerprint density at radius 3 is 2.65 bits per heavy atom. The molecule has 142 valence electrons. The zero-order chi connectivity index (χ0) is 18.5. The Labute approximate surface area is 158 Å². The first-order valence-corrected chi connectivity index (χ1v) is 10.6. The van der Waals surface area contributed by atoms with Crippen LogP contribution in [0.3, 0.4) is 0 Å². The van der Waals surface area contributed by atoms with Gasteiger partial charge >= 0.3 is 5.97 Å². The lowest BCUT2D eigenvalue weighted by Crippen LogP contribution is -2.49. The molecule has 4 aliphatic carbocycles. The van der Waals surface area contributed by atoms with E-state index in [2.05, 4.69) is 32.6 Å². The summed E-state index contributed by atoms with van der Waals surface area (Å²) in [5.74, 6) is 2.33. The van der Waals surface area contributed by atoms with E-state index >= 15 is 0 Å². The maximum absolute atomic E-state index is 11.4. The Morgan fingerprint density at radius 2 is 1.92 bits per heavy atom. The van der Waals surface area contributed by atoms with Crippen molar-refractivity contribution in [3.63, 3.8) is 0 Å². The third-order valence-corrected chi connectivity index (χ3v) is 8.56. The highest BCUT2D eigenvalue weighted by atomic mass is 16.5. The van der Waals surface area contributed by atoms with E-state index in [1.54, 1.807) is 11.1 Å². The summed E-state index contributed by atoms with van der Waals surface area (Å²) < 4.78 is 5.55. The summed E-state index contributed by atoms with van der Waals surface area (Å²) in [5.41, 5.74) is 3.95. The van der Waals surface area contributed by atoms with Crippen molar-refractivity contribution in [1.29, 1.82) is 0 Å². The molecule has 0 saturated heterocycles. The van der Waals surface area contributed by atoms with Crippen molar-refractivity contribution in [3.05, 3.63) is 36.0 Å². The van der Waals surface area contributed by atoms with E-state index in [0.29, 0.717) is 10.8 Å². The fraction of sp³-hybridized carbons (Fsp3) is 0.708. The van der Waals surface area contributed by atoms with Crippen LogP contribution >= 0.6 is 0 Å². The Kier molecular flexibility index (Phi) is 4.44. The molecule has 3 fully saturated rings. The van der Waals surface area contributed by atoms with Gasteiger partial charge in [-0.15, -0.1) is 0 Å². The number of hydrogen-bond donors (Lipinski definition) is 0. The first kappa shape index (κ1) is 18.1. The third kappa shape index (κ3) is 2.63. The number of hydrogen-bond acceptors (Lipinski definition) is 2. The van der Waals surface area contributed by atoms with Crippen molar-refractivity contribution in [1.82, 2.24) is 0 Å². The van der Waals surface area contributed by atoms with Crippen LogP contribution in [0.1, 0.15) is 72.1 Å². The summed E-state index contributed by atoms with van der Waals surface area (Å²) in [6, 6.07) is 0. The molecule has 0 aliphatic heterocycles. The average Bonchev–Trinajstić information content (AvgIpc) is 2.92. The minimum Gasteiger partial charge on any atom is -0.462 e. The van der Waals surface area contributed by atoms with Crippen LogP contribution in [-0.4, -0.2) is 12.1 Å². The first-order chi connectivity index (χ1) is 12.4. The minimum atomic E-state index is -0.131. The van der Waals surface area contributed by atoms with E-state index in [1.165, 1.54) is 45.4 Å². The fourth-order valence-electron chi connectivity index (χ4n) is 7.23. The van der Waals surface area contributed by atoms with Crippen LogP contribution in [0.15, 0.2) is 36.0 Å². The zero-order valence-electron chi connectivity index (χ0n) is 16.7. The maximum atomic E-state index is 11.4. The van der Waals surface area contributed by atoms with E-state index in [-0.39, 0.29) is 12.1 Å². The number of ether oxygens (including phenoxy) is 1. The van der Waals surface area contributed by atoms with Crippen molar-refractivity contribution >= 4 is 5.97 Å². The smallest absolute Gasteiger partial charge is 0.302 e. The number of allylic oxidation sites excluding steroid dienone is 4. The van der Waals surface area contributed by atoms with Gasteiger partial charge in [0.25, 0.3) is 0 Å². The van der Waals surface area contributed by atoms with Gasteiger partial charge in [-0.1, -0.05) is 49.8 Å². The van der Waals surface area contributed by atoms with Gasteiger partial charge in [-0.2, -0.15) is 0 Å². The van der Waals surface area contributed by atoms with Crippen molar-refractivity contribution in [3.8, 4) is 0 Å². The van der Waals surface area contributed by atoms with E-state index < -0.39 is 0 Å². The van der Waals surface area contributed by atoms with Crippen LogP contribution in [0.25, 0.3) is 0 Å². The number of rotatable bonds is 2. The molecule has 0 N–H and O–H groups in total. The number of esters is 1. The highest BCUT2D eigenvalue weighted by Gasteiger charge is 2.57. The Bertz CT molecular complexity index is 672. The second-order valence-corrected chi connectivity index (χ2v) is 9.66. The van der Waals surface area contributed by atoms with E-state index in [0.717, 1.165) is 30.6 Å². The minimum absolute atomic E-state index is 0.103. The van der Waals surface area contributed by atoms with E-state index in [4.69, 9.17) is 4.74 Å². The van der Waals surface area contributed by atoms with Crippen molar-refractivity contribution < 1.29 is 9.53 Å². The normalized spacial score (nSPS) is 46.0. The molecule has 2 heteroatoms. The molecule has 0 spiro atoms. The topological polar surface area (TPSA) is 26.3 Å². The third-order valence-electron chi connectivity index (χ3n) is 8.56. The number of carbonyl (C=O) groups is 1. The lowest BCUT2D eigenvalue weighted by Gasteiger charge is -2.57. The van der Waals surface area contributed by atoms with Crippen LogP contribution in [0, 0.1) is 28.6 Å². The Morgan fingerprint density at radius 1 is 1.19 bits per heavy atom. The first-order valence-electron chi connectivity index (χ1n) is 10.6. The molecule has 0 radical (unpaired) electrons. The number of fused-ring (bicyclic) bond motifs is 5. The van der Waals surface area contributed by atoms with Gasteiger partial charge in [-0.3, -0.25) is 4.79 Å². The van der Waals surface area contributed by atoms with Gasteiger partial charge in [0.2, 0.25) is 0 Å². The molecule has 0 aromatic carbocycles. The Balaban J connectivity index is 1.60. The molecular weight excluding hydrogens is 320 g/mol.